The van der Waals surface area contributed by atoms with Crippen molar-refractivity contribution in [1.29, 1.82) is 0 Å². The number of aromatic nitrogens is 1. The molecule has 0 radical (unpaired) electrons. The second kappa shape index (κ2) is 6.09. The van der Waals surface area contributed by atoms with Gasteiger partial charge in [0.25, 0.3) is 0 Å². The van der Waals surface area contributed by atoms with E-state index in [-0.39, 0.29) is 0 Å². The standard InChI is InChI=1S/C16H21N3O/c1-20-15-6-2-5-14-13(15)7-9-18-16(14)19-11-12-4-3-8-17-10-12/h2,5-7,9,12,17H,3-4,8,10-11H2,1H3,(H,18,19). The molecule has 1 aromatic carbocycles. The molecule has 1 unspecified atom stereocenters. The van der Waals surface area contributed by atoms with E-state index < -0.39 is 0 Å². The fraction of sp³-hybridized carbons (Fsp3) is 0.438. The third-order valence-electron chi connectivity index (χ3n) is 3.94. The van der Waals surface area contributed by atoms with Crippen molar-refractivity contribution in [2.45, 2.75) is 12.8 Å². The minimum atomic E-state index is 0.686. The lowest BCUT2D eigenvalue weighted by molar-refractivity contribution is 0.392. The fourth-order valence-corrected chi connectivity index (χ4v) is 2.84. The summed E-state index contributed by atoms with van der Waals surface area (Å²) < 4.78 is 5.41. The highest BCUT2D eigenvalue weighted by Crippen LogP contribution is 2.29. The predicted molar refractivity (Wildman–Crippen MR) is 82.4 cm³/mol. The lowest BCUT2D eigenvalue weighted by Gasteiger charge is -2.23. The zero-order valence-electron chi connectivity index (χ0n) is 11.9. The minimum Gasteiger partial charge on any atom is -0.496 e. The van der Waals surface area contributed by atoms with Crippen LogP contribution in [-0.4, -0.2) is 31.7 Å². The zero-order valence-corrected chi connectivity index (χ0v) is 11.9. The average molecular weight is 271 g/mol. The fourth-order valence-electron chi connectivity index (χ4n) is 2.84. The van der Waals surface area contributed by atoms with Crippen LogP contribution in [0.1, 0.15) is 12.8 Å². The smallest absolute Gasteiger partial charge is 0.133 e. The van der Waals surface area contributed by atoms with Gasteiger partial charge in [0.15, 0.2) is 0 Å². The van der Waals surface area contributed by atoms with Crippen molar-refractivity contribution in [3.05, 3.63) is 30.5 Å². The molecule has 2 N–H and O–H groups in total. The highest BCUT2D eigenvalue weighted by atomic mass is 16.5. The summed E-state index contributed by atoms with van der Waals surface area (Å²) in [7, 11) is 1.70. The second-order valence-electron chi connectivity index (χ2n) is 5.31. The molecule has 1 aromatic heterocycles. The van der Waals surface area contributed by atoms with Crippen LogP contribution in [0.15, 0.2) is 30.5 Å². The third kappa shape index (κ3) is 2.70. The van der Waals surface area contributed by atoms with E-state index in [4.69, 9.17) is 4.74 Å². The van der Waals surface area contributed by atoms with Crippen LogP contribution in [0.4, 0.5) is 5.82 Å². The van der Waals surface area contributed by atoms with Gasteiger partial charge in [0.2, 0.25) is 0 Å². The normalized spacial score (nSPS) is 18.9. The van der Waals surface area contributed by atoms with Crippen molar-refractivity contribution >= 4 is 16.6 Å². The molecule has 4 heteroatoms. The Morgan fingerprint density at radius 3 is 3.10 bits per heavy atom. The van der Waals surface area contributed by atoms with Gasteiger partial charge in [-0.1, -0.05) is 12.1 Å². The van der Waals surface area contributed by atoms with Crippen LogP contribution in [0, 0.1) is 5.92 Å². The maximum absolute atomic E-state index is 5.41. The number of piperidine rings is 1. The Bertz CT molecular complexity index is 579. The molecule has 1 fully saturated rings. The molecule has 0 amide bonds. The van der Waals surface area contributed by atoms with Crippen molar-refractivity contribution in [1.82, 2.24) is 10.3 Å². The number of hydrogen-bond acceptors (Lipinski definition) is 4. The summed E-state index contributed by atoms with van der Waals surface area (Å²) in [6, 6.07) is 8.08. The summed E-state index contributed by atoms with van der Waals surface area (Å²) in [5.74, 6) is 2.53. The summed E-state index contributed by atoms with van der Waals surface area (Å²) in [6.07, 6.45) is 4.39. The molecule has 20 heavy (non-hydrogen) atoms. The molecule has 0 bridgehead atoms. The summed E-state index contributed by atoms with van der Waals surface area (Å²) in [5, 5.41) is 9.17. The van der Waals surface area contributed by atoms with E-state index in [1.807, 2.05) is 24.4 Å². The molecule has 2 aromatic rings. The molecular formula is C16H21N3O. The predicted octanol–water partition coefficient (Wildman–Crippen LogP) is 2.65. The number of benzene rings is 1. The van der Waals surface area contributed by atoms with Gasteiger partial charge < -0.3 is 15.4 Å². The van der Waals surface area contributed by atoms with Crippen molar-refractivity contribution in [3.63, 3.8) is 0 Å². The third-order valence-corrected chi connectivity index (χ3v) is 3.94. The van der Waals surface area contributed by atoms with Crippen LogP contribution < -0.4 is 15.4 Å². The lowest BCUT2D eigenvalue weighted by Crippen LogP contribution is -2.33. The van der Waals surface area contributed by atoms with Crippen LogP contribution in [0.5, 0.6) is 5.75 Å². The maximum Gasteiger partial charge on any atom is 0.133 e. The van der Waals surface area contributed by atoms with E-state index in [1.165, 1.54) is 12.8 Å². The number of methoxy groups -OCH3 is 1. The van der Waals surface area contributed by atoms with Crippen LogP contribution in [-0.2, 0) is 0 Å². The highest BCUT2D eigenvalue weighted by molar-refractivity contribution is 5.95. The van der Waals surface area contributed by atoms with Gasteiger partial charge >= 0.3 is 0 Å². The lowest BCUT2D eigenvalue weighted by atomic mass is 10.00. The molecular weight excluding hydrogens is 250 g/mol. The van der Waals surface area contributed by atoms with E-state index in [1.54, 1.807) is 7.11 Å². The van der Waals surface area contributed by atoms with Crippen LogP contribution in [0.3, 0.4) is 0 Å². The first-order valence-electron chi connectivity index (χ1n) is 7.25. The number of rotatable bonds is 4. The Morgan fingerprint density at radius 2 is 2.30 bits per heavy atom. The Balaban J connectivity index is 1.80. The number of anilines is 1. The van der Waals surface area contributed by atoms with Gasteiger partial charge in [0.05, 0.1) is 7.11 Å². The molecule has 1 aliphatic rings. The second-order valence-corrected chi connectivity index (χ2v) is 5.31. The quantitative estimate of drug-likeness (QED) is 0.897. The first kappa shape index (κ1) is 13.2. The molecule has 0 saturated carbocycles. The molecule has 106 valence electrons. The monoisotopic (exact) mass is 271 g/mol. The van der Waals surface area contributed by atoms with Gasteiger partial charge in [-0.15, -0.1) is 0 Å². The van der Waals surface area contributed by atoms with E-state index in [0.717, 1.165) is 42.0 Å². The van der Waals surface area contributed by atoms with Crippen LogP contribution in [0.2, 0.25) is 0 Å². The first-order valence-corrected chi connectivity index (χ1v) is 7.25. The number of nitrogens with zero attached hydrogens (tertiary/aromatic N) is 1. The Kier molecular flexibility index (Phi) is 4.02. The molecule has 2 heterocycles. The van der Waals surface area contributed by atoms with Crippen molar-refractivity contribution in [2.75, 3.05) is 32.1 Å². The number of fused-ring (bicyclic) bond motifs is 1. The van der Waals surface area contributed by atoms with Gasteiger partial charge in [-0.25, -0.2) is 4.98 Å². The van der Waals surface area contributed by atoms with Crippen molar-refractivity contribution in [2.24, 2.45) is 5.92 Å². The Hall–Kier alpha value is -1.81. The van der Waals surface area contributed by atoms with E-state index in [9.17, 15) is 0 Å². The van der Waals surface area contributed by atoms with Gasteiger partial charge in [0.1, 0.15) is 11.6 Å². The molecule has 3 rings (SSSR count). The molecule has 1 aliphatic heterocycles. The Morgan fingerprint density at radius 1 is 1.35 bits per heavy atom. The summed E-state index contributed by atoms with van der Waals surface area (Å²) >= 11 is 0. The van der Waals surface area contributed by atoms with E-state index >= 15 is 0 Å². The minimum absolute atomic E-state index is 0.686. The zero-order chi connectivity index (χ0) is 13.8. The number of pyridine rings is 1. The van der Waals surface area contributed by atoms with Gasteiger partial charge in [-0.05, 0) is 44.0 Å². The molecule has 4 nitrogen and oxygen atoms in total. The van der Waals surface area contributed by atoms with Gasteiger partial charge in [-0.3, -0.25) is 0 Å². The first-order chi connectivity index (χ1) is 9.88. The summed E-state index contributed by atoms with van der Waals surface area (Å²) in [5.41, 5.74) is 0. The number of nitrogens with one attached hydrogen (secondary N) is 2. The molecule has 0 spiro atoms. The van der Waals surface area contributed by atoms with Crippen molar-refractivity contribution < 1.29 is 4.74 Å². The summed E-state index contributed by atoms with van der Waals surface area (Å²) in [4.78, 5) is 4.48. The number of ether oxygens (including phenoxy) is 1. The van der Waals surface area contributed by atoms with Crippen molar-refractivity contribution in [3.8, 4) is 5.75 Å². The Labute approximate surface area is 119 Å². The van der Waals surface area contributed by atoms with Crippen LogP contribution >= 0.6 is 0 Å². The average Bonchev–Trinajstić information content (AvgIpc) is 2.53. The van der Waals surface area contributed by atoms with Crippen LogP contribution in [0.25, 0.3) is 10.8 Å². The SMILES string of the molecule is COc1cccc2c(NCC3CCCNC3)nccc12. The van der Waals surface area contributed by atoms with Gasteiger partial charge in [-0.2, -0.15) is 0 Å². The molecule has 1 atom stereocenters. The molecule has 1 saturated heterocycles. The van der Waals surface area contributed by atoms with E-state index in [0.29, 0.717) is 5.92 Å². The largest absolute Gasteiger partial charge is 0.496 e. The topological polar surface area (TPSA) is 46.2 Å². The highest BCUT2D eigenvalue weighted by Gasteiger charge is 2.13. The summed E-state index contributed by atoms with van der Waals surface area (Å²) in [6.45, 7) is 3.22. The number of hydrogen-bond donors (Lipinski definition) is 2. The molecule has 0 aliphatic carbocycles. The van der Waals surface area contributed by atoms with E-state index in [2.05, 4.69) is 21.7 Å². The maximum atomic E-state index is 5.41. The van der Waals surface area contributed by atoms with Gasteiger partial charge in [0, 0.05) is 23.5 Å².